The van der Waals surface area contributed by atoms with E-state index in [0.717, 1.165) is 5.69 Å². The standard InChI is InChI=1S/C21H22F2N2O5S/c22-21(23)31-13-16-6-7-17(30-16)20(28)29-12-18(26)25-10-8-14(9-11-25)19(27)24-15-4-2-1-3-5-15/h1-7,14,21H,8-13H2,(H,24,27). The van der Waals surface area contributed by atoms with Crippen molar-refractivity contribution in [3.05, 3.63) is 54.0 Å². The first kappa shape index (κ1) is 22.8. The van der Waals surface area contributed by atoms with E-state index in [4.69, 9.17) is 9.15 Å². The highest BCUT2D eigenvalue weighted by Crippen LogP contribution is 2.22. The smallest absolute Gasteiger partial charge is 0.374 e. The summed E-state index contributed by atoms with van der Waals surface area (Å²) < 4.78 is 34.6. The van der Waals surface area contributed by atoms with Crippen LogP contribution in [0.15, 0.2) is 46.9 Å². The number of nitrogens with zero attached hydrogens (tertiary/aromatic N) is 1. The number of benzene rings is 1. The Morgan fingerprint density at radius 2 is 1.84 bits per heavy atom. The van der Waals surface area contributed by atoms with E-state index in [1.807, 2.05) is 30.3 Å². The van der Waals surface area contributed by atoms with Gasteiger partial charge in [0.1, 0.15) is 5.76 Å². The molecular formula is C21H22F2N2O5S. The maximum absolute atomic E-state index is 12.4. The van der Waals surface area contributed by atoms with E-state index < -0.39 is 18.3 Å². The number of rotatable bonds is 8. The van der Waals surface area contributed by atoms with Crippen LogP contribution in [0.4, 0.5) is 14.5 Å². The first-order valence-electron chi connectivity index (χ1n) is 9.71. The Hall–Kier alpha value is -2.88. The number of hydrogen-bond acceptors (Lipinski definition) is 6. The minimum absolute atomic E-state index is 0.0727. The highest BCUT2D eigenvalue weighted by molar-refractivity contribution is 7.98. The lowest BCUT2D eigenvalue weighted by molar-refractivity contribution is -0.137. The number of piperidine rings is 1. The highest BCUT2D eigenvalue weighted by atomic mass is 32.2. The summed E-state index contributed by atoms with van der Waals surface area (Å²) in [4.78, 5) is 38.2. The van der Waals surface area contributed by atoms with Gasteiger partial charge in [0.15, 0.2) is 6.61 Å². The van der Waals surface area contributed by atoms with Gasteiger partial charge in [-0.1, -0.05) is 30.0 Å². The topological polar surface area (TPSA) is 88.9 Å². The fourth-order valence-electron chi connectivity index (χ4n) is 3.16. The van der Waals surface area contributed by atoms with Gasteiger partial charge >= 0.3 is 5.97 Å². The Morgan fingerprint density at radius 3 is 2.52 bits per heavy atom. The van der Waals surface area contributed by atoms with Gasteiger partial charge in [0.2, 0.25) is 11.7 Å². The van der Waals surface area contributed by atoms with Crippen molar-refractivity contribution in [1.29, 1.82) is 0 Å². The summed E-state index contributed by atoms with van der Waals surface area (Å²) in [6.45, 7) is 0.319. The van der Waals surface area contributed by atoms with Gasteiger partial charge in [-0.15, -0.1) is 0 Å². The second-order valence-corrected chi connectivity index (χ2v) is 7.90. The predicted octanol–water partition coefficient (Wildman–Crippen LogP) is 3.77. The van der Waals surface area contributed by atoms with Gasteiger partial charge in [0, 0.05) is 24.7 Å². The number of carbonyl (C=O) groups is 3. The normalized spacial score (nSPS) is 14.5. The van der Waals surface area contributed by atoms with Gasteiger partial charge in [-0.05, 0) is 37.1 Å². The number of likely N-dealkylation sites (tertiary alicyclic amines) is 1. The quantitative estimate of drug-likeness (QED) is 0.614. The number of nitrogens with one attached hydrogen (secondary N) is 1. The van der Waals surface area contributed by atoms with Crippen LogP contribution >= 0.6 is 11.8 Å². The molecule has 7 nitrogen and oxygen atoms in total. The van der Waals surface area contributed by atoms with Crippen LogP contribution in [0.5, 0.6) is 0 Å². The van der Waals surface area contributed by atoms with Crippen molar-refractivity contribution in [2.45, 2.75) is 24.4 Å². The molecule has 1 N–H and O–H groups in total. The van der Waals surface area contributed by atoms with Crippen LogP contribution in [0.3, 0.4) is 0 Å². The number of hydrogen-bond donors (Lipinski definition) is 1. The predicted molar refractivity (Wildman–Crippen MR) is 111 cm³/mol. The van der Waals surface area contributed by atoms with Crippen molar-refractivity contribution in [2.24, 2.45) is 5.92 Å². The molecule has 1 aliphatic rings. The molecule has 0 aliphatic carbocycles. The summed E-state index contributed by atoms with van der Waals surface area (Å²) in [5.41, 5.74) is 0.729. The molecule has 10 heteroatoms. The van der Waals surface area contributed by atoms with Crippen molar-refractivity contribution in [1.82, 2.24) is 4.90 Å². The number of ether oxygens (including phenoxy) is 1. The van der Waals surface area contributed by atoms with Gasteiger partial charge in [-0.3, -0.25) is 9.59 Å². The van der Waals surface area contributed by atoms with Crippen molar-refractivity contribution < 1.29 is 32.3 Å². The molecule has 1 aromatic heterocycles. The van der Waals surface area contributed by atoms with Crippen molar-refractivity contribution in [2.75, 3.05) is 25.0 Å². The number of halogens is 2. The lowest BCUT2D eigenvalue weighted by Crippen LogP contribution is -2.43. The van der Waals surface area contributed by atoms with Gasteiger partial charge in [0.25, 0.3) is 11.7 Å². The largest absolute Gasteiger partial charge is 0.453 e. The molecule has 0 atom stereocenters. The van der Waals surface area contributed by atoms with E-state index in [2.05, 4.69) is 5.32 Å². The maximum atomic E-state index is 12.4. The van der Waals surface area contributed by atoms with E-state index in [1.54, 1.807) is 4.90 Å². The number of anilines is 1. The van der Waals surface area contributed by atoms with E-state index in [0.29, 0.717) is 37.7 Å². The third-order valence-corrected chi connectivity index (χ3v) is 5.50. The second kappa shape index (κ2) is 10.9. The summed E-state index contributed by atoms with van der Waals surface area (Å²) >= 11 is 0.380. The second-order valence-electron chi connectivity index (χ2n) is 6.92. The molecule has 0 spiro atoms. The van der Waals surface area contributed by atoms with Gasteiger partial charge < -0.3 is 19.4 Å². The summed E-state index contributed by atoms with van der Waals surface area (Å²) in [6, 6.07) is 11.9. The maximum Gasteiger partial charge on any atom is 0.374 e. The van der Waals surface area contributed by atoms with Crippen LogP contribution in [-0.4, -0.2) is 48.1 Å². The number of para-hydroxylation sites is 1. The van der Waals surface area contributed by atoms with Gasteiger partial charge in [-0.25, -0.2) is 4.79 Å². The molecule has 1 saturated heterocycles. The zero-order valence-corrected chi connectivity index (χ0v) is 17.4. The van der Waals surface area contributed by atoms with Crippen molar-refractivity contribution in [3.63, 3.8) is 0 Å². The molecule has 166 valence electrons. The van der Waals surface area contributed by atoms with Crippen LogP contribution in [0.2, 0.25) is 0 Å². The van der Waals surface area contributed by atoms with Crippen LogP contribution in [0, 0.1) is 5.92 Å². The molecule has 1 aliphatic heterocycles. The Labute approximate surface area is 182 Å². The fraction of sp³-hybridized carbons (Fsp3) is 0.381. The van der Waals surface area contributed by atoms with Gasteiger partial charge in [-0.2, -0.15) is 8.78 Å². The fourth-order valence-corrected chi connectivity index (χ4v) is 3.60. The van der Waals surface area contributed by atoms with Crippen molar-refractivity contribution in [3.8, 4) is 0 Å². The number of thioether (sulfide) groups is 1. The number of carbonyl (C=O) groups excluding carboxylic acids is 3. The van der Waals surface area contributed by atoms with Crippen molar-refractivity contribution >= 4 is 35.2 Å². The molecule has 2 aromatic rings. The van der Waals surface area contributed by atoms with Crippen LogP contribution in [-0.2, 0) is 20.1 Å². The number of esters is 1. The molecule has 31 heavy (non-hydrogen) atoms. The molecule has 1 aromatic carbocycles. The van der Waals surface area contributed by atoms with E-state index in [9.17, 15) is 23.2 Å². The first-order valence-corrected chi connectivity index (χ1v) is 10.8. The molecular weight excluding hydrogens is 430 g/mol. The van der Waals surface area contributed by atoms with E-state index in [1.165, 1.54) is 12.1 Å². The van der Waals surface area contributed by atoms with Crippen LogP contribution in [0.25, 0.3) is 0 Å². The zero-order valence-electron chi connectivity index (χ0n) is 16.6. The number of alkyl halides is 2. The number of furan rings is 1. The third kappa shape index (κ3) is 6.81. The average Bonchev–Trinajstić information content (AvgIpc) is 3.26. The van der Waals surface area contributed by atoms with E-state index >= 15 is 0 Å². The Morgan fingerprint density at radius 1 is 1.13 bits per heavy atom. The Bertz CT molecular complexity index is 898. The molecule has 0 unspecified atom stereocenters. The minimum Gasteiger partial charge on any atom is -0.453 e. The summed E-state index contributed by atoms with van der Waals surface area (Å²) in [5, 5.41) is 2.87. The molecule has 0 bridgehead atoms. The molecule has 0 radical (unpaired) electrons. The molecule has 2 amide bonds. The average molecular weight is 452 g/mol. The highest BCUT2D eigenvalue weighted by Gasteiger charge is 2.28. The van der Waals surface area contributed by atoms with Gasteiger partial charge in [0.05, 0.1) is 5.75 Å². The molecule has 0 saturated carbocycles. The lowest BCUT2D eigenvalue weighted by Gasteiger charge is -2.31. The zero-order chi connectivity index (χ0) is 22.2. The summed E-state index contributed by atoms with van der Waals surface area (Å²) in [6.07, 6.45) is 1.03. The van der Waals surface area contributed by atoms with Crippen LogP contribution in [0.1, 0.15) is 29.2 Å². The summed E-state index contributed by atoms with van der Waals surface area (Å²) in [5.74, 6) is -4.01. The molecule has 1 fully saturated rings. The molecule has 2 heterocycles. The number of amides is 2. The van der Waals surface area contributed by atoms with Crippen LogP contribution < -0.4 is 5.32 Å². The summed E-state index contributed by atoms with van der Waals surface area (Å²) in [7, 11) is 0. The van der Waals surface area contributed by atoms with E-state index in [-0.39, 0.29) is 35.0 Å². The first-order chi connectivity index (χ1) is 14.9. The molecule has 3 rings (SSSR count). The third-order valence-electron chi connectivity index (χ3n) is 4.80. The lowest BCUT2D eigenvalue weighted by atomic mass is 9.95. The Balaban J connectivity index is 1.40. The SMILES string of the molecule is O=C(OCC(=O)N1CCC(C(=O)Nc2ccccc2)CC1)c1ccc(CSC(F)F)o1. The Kier molecular flexibility index (Phi) is 8.05. The minimum atomic E-state index is -2.54. The monoisotopic (exact) mass is 452 g/mol.